The Balaban J connectivity index is 2.13. The number of halogens is 2. The van der Waals surface area contributed by atoms with E-state index in [9.17, 15) is 8.78 Å². The number of nitrogens with zero attached hydrogens (tertiary/aromatic N) is 2. The van der Waals surface area contributed by atoms with E-state index in [1.54, 1.807) is 0 Å². The van der Waals surface area contributed by atoms with Crippen molar-refractivity contribution in [3.63, 3.8) is 0 Å². The summed E-state index contributed by atoms with van der Waals surface area (Å²) in [6, 6.07) is 5.28. The van der Waals surface area contributed by atoms with Crippen LogP contribution in [0.3, 0.4) is 0 Å². The summed E-state index contributed by atoms with van der Waals surface area (Å²) in [5, 5.41) is 4.58. The van der Waals surface area contributed by atoms with E-state index in [1.165, 1.54) is 0 Å². The number of ether oxygens (including phenoxy) is 1. The van der Waals surface area contributed by atoms with Crippen molar-refractivity contribution in [3.8, 4) is 5.88 Å². The van der Waals surface area contributed by atoms with Gasteiger partial charge in [-0.15, -0.1) is 0 Å². The van der Waals surface area contributed by atoms with Gasteiger partial charge in [-0.2, -0.15) is 5.10 Å². The zero-order valence-corrected chi connectivity index (χ0v) is 14.9. The average molecular weight is 336 g/mol. The molecule has 132 valence electrons. The molecule has 2 rings (SSSR count). The summed E-state index contributed by atoms with van der Waals surface area (Å²) in [4.78, 5) is 0. The van der Waals surface area contributed by atoms with Crippen LogP contribution in [0.4, 0.5) is 8.78 Å². The van der Waals surface area contributed by atoms with Gasteiger partial charge >= 0.3 is 0 Å². The average Bonchev–Trinajstić information content (AvgIpc) is 2.88. The fraction of sp³-hybridized carbons (Fsp3) is 0.526. The summed E-state index contributed by atoms with van der Waals surface area (Å²) < 4.78 is 34.6. The van der Waals surface area contributed by atoms with E-state index in [2.05, 4.69) is 32.8 Å². The number of aryl methyl sites for hydroxylation is 2. The van der Waals surface area contributed by atoms with Gasteiger partial charge in [0.2, 0.25) is 5.88 Å². The molecule has 0 aliphatic rings. The Bertz CT molecular complexity index is 674. The quantitative estimate of drug-likeness (QED) is 0.701. The van der Waals surface area contributed by atoms with Crippen LogP contribution in [0.15, 0.2) is 24.3 Å². The molecule has 1 aromatic carbocycles. The molecule has 3 nitrogen and oxygen atoms in total. The third kappa shape index (κ3) is 5.32. The van der Waals surface area contributed by atoms with Crippen LogP contribution >= 0.6 is 0 Å². The van der Waals surface area contributed by atoms with Crippen molar-refractivity contribution in [1.82, 2.24) is 9.78 Å². The number of aromatic nitrogens is 2. The normalized spacial score (nSPS) is 11.8. The summed E-state index contributed by atoms with van der Waals surface area (Å²) in [6.45, 7) is 9.33. The molecular weight excluding hydrogens is 310 g/mol. The maximum absolute atomic E-state index is 13.7. The summed E-state index contributed by atoms with van der Waals surface area (Å²) in [7, 11) is 0. The summed E-state index contributed by atoms with van der Waals surface area (Å²) >= 11 is 0. The van der Waals surface area contributed by atoms with Crippen LogP contribution in [-0.4, -0.2) is 9.78 Å². The lowest BCUT2D eigenvalue weighted by atomic mass is 9.92. The highest BCUT2D eigenvalue weighted by molar-refractivity contribution is 5.20. The molecule has 1 heterocycles. The van der Waals surface area contributed by atoms with Crippen molar-refractivity contribution in [3.05, 3.63) is 47.2 Å². The van der Waals surface area contributed by atoms with Gasteiger partial charge in [-0.05, 0) is 36.5 Å². The van der Waals surface area contributed by atoms with Gasteiger partial charge in [0, 0.05) is 18.2 Å². The minimum atomic E-state index is -0.470. The van der Waals surface area contributed by atoms with Crippen molar-refractivity contribution in [2.45, 2.75) is 60.1 Å². The molecule has 5 heteroatoms. The fourth-order valence-corrected chi connectivity index (χ4v) is 2.35. The van der Waals surface area contributed by atoms with Gasteiger partial charge < -0.3 is 4.74 Å². The van der Waals surface area contributed by atoms with E-state index in [0.29, 0.717) is 5.88 Å². The van der Waals surface area contributed by atoms with Crippen molar-refractivity contribution in [1.29, 1.82) is 0 Å². The van der Waals surface area contributed by atoms with E-state index in [0.717, 1.165) is 49.7 Å². The van der Waals surface area contributed by atoms with Crippen LogP contribution in [0.25, 0.3) is 0 Å². The highest BCUT2D eigenvalue weighted by Gasteiger charge is 2.15. The molecule has 1 aromatic heterocycles. The van der Waals surface area contributed by atoms with Crippen molar-refractivity contribution >= 4 is 0 Å². The third-order valence-corrected chi connectivity index (χ3v) is 3.76. The monoisotopic (exact) mass is 336 g/mol. The molecule has 0 saturated heterocycles. The first-order valence-electron chi connectivity index (χ1n) is 8.42. The number of rotatable bonds is 7. The Morgan fingerprint density at radius 2 is 1.92 bits per heavy atom. The van der Waals surface area contributed by atoms with Gasteiger partial charge in [0.1, 0.15) is 18.2 Å². The zero-order chi connectivity index (χ0) is 17.7. The summed E-state index contributed by atoms with van der Waals surface area (Å²) in [6.07, 6.45) is 2.81. The first-order valence-corrected chi connectivity index (χ1v) is 8.42. The first kappa shape index (κ1) is 18.4. The Hall–Kier alpha value is -1.91. The van der Waals surface area contributed by atoms with Crippen LogP contribution in [0, 0.1) is 17.0 Å². The molecule has 0 unspecified atom stereocenters. The molecule has 0 bridgehead atoms. The van der Waals surface area contributed by atoms with Crippen molar-refractivity contribution in [2.24, 2.45) is 5.41 Å². The molecule has 0 amide bonds. The lowest BCUT2D eigenvalue weighted by Gasteiger charge is -2.18. The standard InChI is InChI=1S/C19H26F2N2O/c1-5-6-16-12-18(23(22-16)10-9-19(2,3)4)24-13-14-11-15(20)7-8-17(14)21/h7-8,11-12H,5-6,9-10,13H2,1-4H3. The van der Waals surface area contributed by atoms with Gasteiger partial charge in [-0.1, -0.05) is 34.1 Å². The molecule has 0 saturated carbocycles. The molecule has 0 aliphatic carbocycles. The second-order valence-electron chi connectivity index (χ2n) is 7.28. The Labute approximate surface area is 142 Å². The lowest BCUT2D eigenvalue weighted by molar-refractivity contribution is 0.254. The number of hydrogen-bond donors (Lipinski definition) is 0. The topological polar surface area (TPSA) is 27.1 Å². The third-order valence-electron chi connectivity index (χ3n) is 3.76. The largest absolute Gasteiger partial charge is 0.473 e. The second kappa shape index (κ2) is 7.77. The van der Waals surface area contributed by atoms with E-state index in [4.69, 9.17) is 4.74 Å². The van der Waals surface area contributed by atoms with Gasteiger partial charge in [-0.25, -0.2) is 13.5 Å². The first-order chi connectivity index (χ1) is 11.3. The predicted octanol–water partition coefficient (Wildman–Crippen LogP) is 5.13. The Morgan fingerprint density at radius 1 is 1.17 bits per heavy atom. The molecule has 0 atom stereocenters. The van der Waals surface area contributed by atoms with Gasteiger partial charge in [-0.3, -0.25) is 0 Å². The minimum Gasteiger partial charge on any atom is -0.473 e. The van der Waals surface area contributed by atoms with Gasteiger partial charge in [0.05, 0.1) is 5.69 Å². The molecule has 0 fully saturated rings. The van der Waals surface area contributed by atoms with Crippen molar-refractivity contribution in [2.75, 3.05) is 0 Å². The summed E-state index contributed by atoms with van der Waals surface area (Å²) in [5.41, 5.74) is 1.35. The van der Waals surface area contributed by atoms with Crippen LogP contribution in [0.2, 0.25) is 0 Å². The van der Waals surface area contributed by atoms with Crippen molar-refractivity contribution < 1.29 is 13.5 Å². The maximum atomic E-state index is 13.7. The molecule has 2 aromatic rings. The highest BCUT2D eigenvalue weighted by Crippen LogP contribution is 2.23. The fourth-order valence-electron chi connectivity index (χ4n) is 2.35. The Kier molecular flexibility index (Phi) is 5.97. The zero-order valence-electron chi connectivity index (χ0n) is 14.9. The van der Waals surface area contributed by atoms with E-state index in [-0.39, 0.29) is 17.6 Å². The van der Waals surface area contributed by atoms with E-state index < -0.39 is 11.6 Å². The molecule has 24 heavy (non-hydrogen) atoms. The molecule has 0 aliphatic heterocycles. The molecule has 0 radical (unpaired) electrons. The van der Waals surface area contributed by atoms with Crippen LogP contribution in [0.1, 0.15) is 51.8 Å². The number of hydrogen-bond acceptors (Lipinski definition) is 2. The molecule has 0 spiro atoms. The van der Waals surface area contributed by atoms with Gasteiger partial charge in [0.25, 0.3) is 0 Å². The summed E-state index contributed by atoms with van der Waals surface area (Å²) in [5.74, 6) is -0.333. The maximum Gasteiger partial charge on any atom is 0.212 e. The number of benzene rings is 1. The SMILES string of the molecule is CCCc1cc(OCc2cc(F)ccc2F)n(CCC(C)(C)C)n1. The van der Waals surface area contributed by atoms with E-state index in [1.807, 2.05) is 10.7 Å². The minimum absolute atomic E-state index is 0.0175. The second-order valence-corrected chi connectivity index (χ2v) is 7.28. The molecular formula is C19H26F2N2O. The molecule has 0 N–H and O–H groups in total. The van der Waals surface area contributed by atoms with Gasteiger partial charge in [0.15, 0.2) is 0 Å². The highest BCUT2D eigenvalue weighted by atomic mass is 19.1. The lowest BCUT2D eigenvalue weighted by Crippen LogP contribution is -2.13. The van der Waals surface area contributed by atoms with Crippen LogP contribution in [-0.2, 0) is 19.6 Å². The van der Waals surface area contributed by atoms with Crippen LogP contribution in [0.5, 0.6) is 5.88 Å². The smallest absolute Gasteiger partial charge is 0.212 e. The predicted molar refractivity (Wildman–Crippen MR) is 91.0 cm³/mol. The van der Waals surface area contributed by atoms with E-state index >= 15 is 0 Å². The Morgan fingerprint density at radius 3 is 2.58 bits per heavy atom. The van der Waals surface area contributed by atoms with Crippen LogP contribution < -0.4 is 4.74 Å².